The van der Waals surface area contributed by atoms with Crippen LogP contribution in [0.25, 0.3) is 0 Å². The van der Waals surface area contributed by atoms with Gasteiger partial charge in [-0.1, -0.05) is 18.9 Å². The molecule has 1 aliphatic heterocycles. The van der Waals surface area contributed by atoms with Crippen LogP contribution < -0.4 is 14.8 Å². The fourth-order valence-electron chi connectivity index (χ4n) is 4.24. The third-order valence-electron chi connectivity index (χ3n) is 5.69. The van der Waals surface area contributed by atoms with E-state index in [1.807, 2.05) is 19.9 Å². The third kappa shape index (κ3) is 3.40. The lowest BCUT2D eigenvalue weighted by molar-refractivity contribution is 0.0930. The molecule has 0 spiro atoms. The maximum Gasteiger partial charge on any atom is 0.269 e. The minimum Gasteiger partial charge on any atom is -0.486 e. The Balaban J connectivity index is 1.54. The predicted molar refractivity (Wildman–Crippen MR) is 103 cm³/mol. The van der Waals surface area contributed by atoms with Crippen molar-refractivity contribution in [3.05, 3.63) is 41.7 Å². The monoisotopic (exact) mass is 369 g/mol. The van der Waals surface area contributed by atoms with Gasteiger partial charge in [-0.3, -0.25) is 9.48 Å². The predicted octanol–water partition coefficient (Wildman–Crippen LogP) is 3.48. The Kier molecular flexibility index (Phi) is 4.81. The average Bonchev–Trinajstić information content (AvgIpc) is 3.36. The van der Waals surface area contributed by atoms with Gasteiger partial charge in [-0.2, -0.15) is 5.10 Å². The molecule has 1 saturated carbocycles. The highest BCUT2D eigenvalue weighted by Gasteiger charge is 2.37. The number of carbonyl (C=O) groups is 1. The minimum absolute atomic E-state index is 0.0474. The molecule has 1 aromatic carbocycles. The van der Waals surface area contributed by atoms with Gasteiger partial charge in [-0.15, -0.1) is 0 Å². The molecule has 27 heavy (non-hydrogen) atoms. The first-order chi connectivity index (χ1) is 13.1. The van der Waals surface area contributed by atoms with Crippen molar-refractivity contribution in [2.75, 3.05) is 19.8 Å². The van der Waals surface area contributed by atoms with Gasteiger partial charge in [0.15, 0.2) is 11.5 Å². The van der Waals surface area contributed by atoms with Crippen molar-refractivity contribution < 1.29 is 14.3 Å². The van der Waals surface area contributed by atoms with E-state index in [0.29, 0.717) is 25.5 Å². The van der Waals surface area contributed by atoms with Crippen LogP contribution in [0.15, 0.2) is 30.5 Å². The Hall–Kier alpha value is -2.50. The fraction of sp³-hybridized carbons (Fsp3) is 0.524. The summed E-state index contributed by atoms with van der Waals surface area (Å²) in [6.45, 7) is 5.85. The molecule has 1 aliphatic carbocycles. The van der Waals surface area contributed by atoms with Crippen molar-refractivity contribution >= 4 is 5.91 Å². The summed E-state index contributed by atoms with van der Waals surface area (Å²) in [5.74, 6) is 1.56. The third-order valence-corrected chi connectivity index (χ3v) is 5.69. The molecule has 1 fully saturated rings. The largest absolute Gasteiger partial charge is 0.486 e. The molecule has 6 heteroatoms. The van der Waals surface area contributed by atoms with Crippen molar-refractivity contribution in [1.29, 1.82) is 0 Å². The minimum atomic E-state index is -0.0648. The summed E-state index contributed by atoms with van der Waals surface area (Å²) in [6.07, 6.45) is 6.16. The van der Waals surface area contributed by atoms with E-state index in [2.05, 4.69) is 22.5 Å². The summed E-state index contributed by atoms with van der Waals surface area (Å²) in [5, 5.41) is 7.44. The normalized spacial score (nSPS) is 17.9. The van der Waals surface area contributed by atoms with Crippen LogP contribution in [0.1, 0.15) is 61.6 Å². The quantitative estimate of drug-likeness (QED) is 0.876. The van der Waals surface area contributed by atoms with Gasteiger partial charge in [0, 0.05) is 24.2 Å². The SMILES string of the molecule is CC(C)n1nccc1C(=O)NCC1(c2ccc3c(c2)OCCO3)CCCC1. The second-order valence-electron chi connectivity index (χ2n) is 7.78. The lowest BCUT2D eigenvalue weighted by Crippen LogP contribution is -2.39. The van der Waals surface area contributed by atoms with Gasteiger partial charge in [0.05, 0.1) is 0 Å². The van der Waals surface area contributed by atoms with Gasteiger partial charge < -0.3 is 14.8 Å². The number of aromatic nitrogens is 2. The number of carbonyl (C=O) groups excluding carboxylic acids is 1. The molecular weight excluding hydrogens is 342 g/mol. The van der Waals surface area contributed by atoms with Crippen LogP contribution >= 0.6 is 0 Å². The number of rotatable bonds is 5. The van der Waals surface area contributed by atoms with Crippen LogP contribution in [0.5, 0.6) is 11.5 Å². The number of nitrogens with one attached hydrogen (secondary N) is 1. The molecule has 0 radical (unpaired) electrons. The summed E-state index contributed by atoms with van der Waals surface area (Å²) in [5.41, 5.74) is 1.79. The first kappa shape index (κ1) is 17.9. The summed E-state index contributed by atoms with van der Waals surface area (Å²) in [7, 11) is 0. The number of amides is 1. The number of benzene rings is 1. The Morgan fingerprint density at radius 1 is 1.19 bits per heavy atom. The second kappa shape index (κ2) is 7.25. The van der Waals surface area contributed by atoms with E-state index in [1.165, 1.54) is 18.4 Å². The molecule has 2 aromatic rings. The molecule has 1 aromatic heterocycles. The second-order valence-corrected chi connectivity index (χ2v) is 7.78. The highest BCUT2D eigenvalue weighted by molar-refractivity contribution is 5.92. The highest BCUT2D eigenvalue weighted by Crippen LogP contribution is 2.43. The molecule has 0 bridgehead atoms. The Morgan fingerprint density at radius 2 is 1.93 bits per heavy atom. The standard InChI is InChI=1S/C21H27N3O3/c1-15(2)24-17(7-10-23-24)20(25)22-14-21(8-3-4-9-21)16-5-6-18-19(13-16)27-12-11-26-18/h5-7,10,13,15H,3-4,8-9,11-12,14H2,1-2H3,(H,22,25). The zero-order valence-electron chi connectivity index (χ0n) is 16.0. The molecule has 0 atom stereocenters. The van der Waals surface area contributed by atoms with E-state index < -0.39 is 0 Å². The van der Waals surface area contributed by atoms with Gasteiger partial charge in [0.1, 0.15) is 18.9 Å². The van der Waals surface area contributed by atoms with E-state index in [1.54, 1.807) is 16.9 Å². The lowest BCUT2D eigenvalue weighted by Gasteiger charge is -2.31. The van der Waals surface area contributed by atoms with Crippen LogP contribution in [0, 0.1) is 0 Å². The Bertz CT molecular complexity index is 822. The number of hydrogen-bond donors (Lipinski definition) is 1. The molecule has 1 N–H and O–H groups in total. The van der Waals surface area contributed by atoms with Crippen LogP contribution in [0.4, 0.5) is 0 Å². The smallest absolute Gasteiger partial charge is 0.269 e. The van der Waals surface area contributed by atoms with Crippen LogP contribution in [-0.2, 0) is 5.41 Å². The first-order valence-electron chi connectivity index (χ1n) is 9.81. The summed E-state index contributed by atoms with van der Waals surface area (Å²) >= 11 is 0. The van der Waals surface area contributed by atoms with Gasteiger partial charge in [-0.05, 0) is 50.5 Å². The van der Waals surface area contributed by atoms with Crippen LogP contribution in [0.3, 0.4) is 0 Å². The van der Waals surface area contributed by atoms with Crippen LogP contribution in [-0.4, -0.2) is 35.4 Å². The molecule has 4 rings (SSSR count). The maximum atomic E-state index is 12.8. The van der Waals surface area contributed by atoms with E-state index in [9.17, 15) is 4.79 Å². The van der Waals surface area contributed by atoms with Crippen molar-refractivity contribution in [1.82, 2.24) is 15.1 Å². The Labute approximate surface area is 159 Å². The molecule has 2 aliphatic rings. The molecule has 2 heterocycles. The van der Waals surface area contributed by atoms with E-state index in [4.69, 9.17) is 9.47 Å². The zero-order chi connectivity index (χ0) is 18.9. The fourth-order valence-corrected chi connectivity index (χ4v) is 4.24. The van der Waals surface area contributed by atoms with Gasteiger partial charge in [0.2, 0.25) is 0 Å². The summed E-state index contributed by atoms with van der Waals surface area (Å²) in [6, 6.07) is 8.16. The van der Waals surface area contributed by atoms with Crippen molar-refractivity contribution in [2.45, 2.75) is 51.0 Å². The average molecular weight is 369 g/mol. The van der Waals surface area contributed by atoms with E-state index in [0.717, 1.165) is 24.3 Å². The highest BCUT2D eigenvalue weighted by atomic mass is 16.6. The van der Waals surface area contributed by atoms with Crippen molar-refractivity contribution in [2.24, 2.45) is 0 Å². The van der Waals surface area contributed by atoms with Crippen LogP contribution in [0.2, 0.25) is 0 Å². The zero-order valence-corrected chi connectivity index (χ0v) is 16.0. The number of hydrogen-bond acceptors (Lipinski definition) is 4. The van der Waals surface area contributed by atoms with Crippen molar-refractivity contribution in [3.8, 4) is 11.5 Å². The number of ether oxygens (including phenoxy) is 2. The Morgan fingerprint density at radius 3 is 2.67 bits per heavy atom. The topological polar surface area (TPSA) is 65.4 Å². The van der Waals surface area contributed by atoms with Gasteiger partial charge in [0.25, 0.3) is 5.91 Å². The van der Waals surface area contributed by atoms with Gasteiger partial charge >= 0.3 is 0 Å². The lowest BCUT2D eigenvalue weighted by atomic mass is 9.78. The van der Waals surface area contributed by atoms with E-state index >= 15 is 0 Å². The maximum absolute atomic E-state index is 12.8. The molecule has 0 unspecified atom stereocenters. The summed E-state index contributed by atoms with van der Waals surface area (Å²) < 4.78 is 13.2. The number of nitrogens with zero attached hydrogens (tertiary/aromatic N) is 2. The summed E-state index contributed by atoms with van der Waals surface area (Å²) in [4.78, 5) is 12.8. The first-order valence-corrected chi connectivity index (χ1v) is 9.81. The molecule has 0 saturated heterocycles. The molecular formula is C21H27N3O3. The molecule has 144 valence electrons. The van der Waals surface area contributed by atoms with Crippen molar-refractivity contribution in [3.63, 3.8) is 0 Å². The van der Waals surface area contributed by atoms with E-state index in [-0.39, 0.29) is 17.4 Å². The van der Waals surface area contributed by atoms with Gasteiger partial charge in [-0.25, -0.2) is 0 Å². The molecule has 1 amide bonds. The molecule has 6 nitrogen and oxygen atoms in total. The number of fused-ring (bicyclic) bond motifs is 1.